The van der Waals surface area contributed by atoms with E-state index in [1.54, 1.807) is 0 Å². The molecule has 0 aliphatic carbocycles. The van der Waals surface area contributed by atoms with Crippen molar-refractivity contribution in [2.24, 2.45) is 0 Å². The molecule has 1 fully saturated rings. The minimum absolute atomic E-state index is 0.134. The van der Waals surface area contributed by atoms with Gasteiger partial charge in [0.2, 0.25) is 0 Å². The number of thioether (sulfide) groups is 1. The first-order valence-corrected chi connectivity index (χ1v) is 7.58. The van der Waals surface area contributed by atoms with E-state index >= 15 is 0 Å². The van der Waals surface area contributed by atoms with Gasteiger partial charge in [-0.1, -0.05) is 19.8 Å². The molecule has 1 heterocycles. The van der Waals surface area contributed by atoms with E-state index < -0.39 is 0 Å². The predicted octanol–water partition coefficient (Wildman–Crippen LogP) is 2.71. The quantitative estimate of drug-likeness (QED) is 0.824. The molecule has 4 heteroatoms. The van der Waals surface area contributed by atoms with Gasteiger partial charge in [-0.3, -0.25) is 0 Å². The summed E-state index contributed by atoms with van der Waals surface area (Å²) in [7, 11) is 0. The summed E-state index contributed by atoms with van der Waals surface area (Å²) in [6.07, 6.45) is 8.03. The Kier molecular flexibility index (Phi) is 6.69. The molecule has 1 N–H and O–H groups in total. The van der Waals surface area contributed by atoms with Crippen LogP contribution in [0, 0.1) is 0 Å². The van der Waals surface area contributed by atoms with E-state index in [0.29, 0.717) is 5.25 Å². The van der Waals surface area contributed by atoms with Crippen LogP contribution in [-0.4, -0.2) is 42.1 Å². The molecule has 0 radical (unpaired) electrons. The molecule has 1 aliphatic rings. The van der Waals surface area contributed by atoms with E-state index in [-0.39, 0.29) is 6.03 Å². The molecule has 1 rings (SSSR count). The Morgan fingerprint density at radius 2 is 1.94 bits per heavy atom. The van der Waals surface area contributed by atoms with E-state index in [1.165, 1.54) is 12.8 Å². The molecule has 0 bridgehead atoms. The van der Waals surface area contributed by atoms with Crippen LogP contribution in [0.2, 0.25) is 0 Å². The van der Waals surface area contributed by atoms with Crippen molar-refractivity contribution in [1.29, 1.82) is 0 Å². The maximum Gasteiger partial charge on any atom is 0.317 e. The Balaban J connectivity index is 2.17. The average Bonchev–Trinajstić information content (AvgIpc) is 2.57. The fraction of sp³-hybridized carbons (Fsp3) is 0.917. The van der Waals surface area contributed by atoms with Crippen molar-refractivity contribution >= 4 is 17.8 Å². The topological polar surface area (TPSA) is 32.3 Å². The smallest absolute Gasteiger partial charge is 0.317 e. The molecule has 0 saturated carbocycles. The first-order chi connectivity index (χ1) is 7.74. The maximum absolute atomic E-state index is 11.8. The predicted molar refractivity (Wildman–Crippen MR) is 71.0 cm³/mol. The van der Waals surface area contributed by atoms with Gasteiger partial charge in [0.15, 0.2) is 0 Å². The van der Waals surface area contributed by atoms with Gasteiger partial charge in [0.05, 0.1) is 0 Å². The second-order valence-corrected chi connectivity index (χ2v) is 5.74. The number of nitrogens with one attached hydrogen (secondary N) is 1. The van der Waals surface area contributed by atoms with Crippen LogP contribution in [0.15, 0.2) is 0 Å². The highest BCUT2D eigenvalue weighted by Gasteiger charge is 2.14. The minimum Gasteiger partial charge on any atom is -0.338 e. The van der Waals surface area contributed by atoms with Gasteiger partial charge in [-0.15, -0.1) is 0 Å². The van der Waals surface area contributed by atoms with Crippen molar-refractivity contribution in [1.82, 2.24) is 10.2 Å². The van der Waals surface area contributed by atoms with Crippen molar-refractivity contribution in [3.63, 3.8) is 0 Å². The van der Waals surface area contributed by atoms with Gasteiger partial charge in [-0.2, -0.15) is 11.8 Å². The van der Waals surface area contributed by atoms with E-state index in [1.807, 2.05) is 16.7 Å². The Bertz CT molecular complexity index is 203. The van der Waals surface area contributed by atoms with Gasteiger partial charge in [0.1, 0.15) is 0 Å². The number of hydrogen-bond acceptors (Lipinski definition) is 2. The molecular formula is C12H24N2OS. The highest BCUT2D eigenvalue weighted by atomic mass is 32.2. The van der Waals surface area contributed by atoms with Crippen LogP contribution in [-0.2, 0) is 0 Å². The molecule has 1 aliphatic heterocycles. The summed E-state index contributed by atoms with van der Waals surface area (Å²) in [4.78, 5) is 13.8. The SMILES string of the molecule is CSC(C)CCNC(=O)N1CCCCCC1. The third-order valence-electron chi connectivity index (χ3n) is 3.12. The van der Waals surface area contributed by atoms with Gasteiger partial charge in [-0.05, 0) is 25.5 Å². The lowest BCUT2D eigenvalue weighted by Gasteiger charge is -2.21. The van der Waals surface area contributed by atoms with Gasteiger partial charge in [0, 0.05) is 24.9 Å². The summed E-state index contributed by atoms with van der Waals surface area (Å²) in [5.74, 6) is 0. The molecule has 1 saturated heterocycles. The lowest BCUT2D eigenvalue weighted by atomic mass is 10.2. The lowest BCUT2D eigenvalue weighted by Crippen LogP contribution is -2.41. The van der Waals surface area contributed by atoms with Crippen LogP contribution >= 0.6 is 11.8 Å². The summed E-state index contributed by atoms with van der Waals surface area (Å²) in [6.45, 7) is 4.87. The lowest BCUT2D eigenvalue weighted by molar-refractivity contribution is 0.200. The zero-order chi connectivity index (χ0) is 11.8. The minimum atomic E-state index is 0.134. The Morgan fingerprint density at radius 3 is 2.50 bits per heavy atom. The molecule has 0 aromatic carbocycles. The summed E-state index contributed by atoms with van der Waals surface area (Å²) < 4.78 is 0. The molecule has 3 nitrogen and oxygen atoms in total. The third-order valence-corrected chi connectivity index (χ3v) is 4.16. The number of urea groups is 1. The van der Waals surface area contributed by atoms with Crippen molar-refractivity contribution in [3.8, 4) is 0 Å². The van der Waals surface area contributed by atoms with Crippen LogP contribution in [0.4, 0.5) is 4.79 Å². The maximum atomic E-state index is 11.8. The number of rotatable bonds is 4. The van der Waals surface area contributed by atoms with E-state index in [4.69, 9.17) is 0 Å². The number of carbonyl (C=O) groups is 1. The first-order valence-electron chi connectivity index (χ1n) is 6.29. The van der Waals surface area contributed by atoms with Crippen molar-refractivity contribution in [2.45, 2.75) is 44.3 Å². The Hall–Kier alpha value is -0.380. The highest BCUT2D eigenvalue weighted by molar-refractivity contribution is 7.99. The molecule has 94 valence electrons. The fourth-order valence-electron chi connectivity index (χ4n) is 1.89. The van der Waals surface area contributed by atoms with Gasteiger partial charge in [-0.25, -0.2) is 4.79 Å². The summed E-state index contributed by atoms with van der Waals surface area (Å²) in [5, 5.41) is 3.65. The van der Waals surface area contributed by atoms with E-state index in [2.05, 4.69) is 18.5 Å². The number of amides is 2. The third kappa shape index (κ3) is 5.10. The number of carbonyl (C=O) groups excluding carboxylic acids is 1. The summed E-state index contributed by atoms with van der Waals surface area (Å²) in [6, 6.07) is 0.134. The molecule has 1 unspecified atom stereocenters. The number of hydrogen-bond donors (Lipinski definition) is 1. The van der Waals surface area contributed by atoms with Crippen molar-refractivity contribution < 1.29 is 4.79 Å². The van der Waals surface area contributed by atoms with Crippen LogP contribution < -0.4 is 5.32 Å². The van der Waals surface area contributed by atoms with E-state index in [9.17, 15) is 4.79 Å². The Morgan fingerprint density at radius 1 is 1.31 bits per heavy atom. The Labute approximate surface area is 103 Å². The van der Waals surface area contributed by atoms with Gasteiger partial charge >= 0.3 is 6.03 Å². The van der Waals surface area contributed by atoms with Crippen molar-refractivity contribution in [3.05, 3.63) is 0 Å². The molecule has 2 amide bonds. The molecule has 0 aromatic heterocycles. The fourth-order valence-corrected chi connectivity index (χ4v) is 2.24. The van der Waals surface area contributed by atoms with Crippen LogP contribution in [0.25, 0.3) is 0 Å². The zero-order valence-electron chi connectivity index (χ0n) is 10.5. The number of nitrogens with zero attached hydrogens (tertiary/aromatic N) is 1. The zero-order valence-corrected chi connectivity index (χ0v) is 11.3. The second kappa shape index (κ2) is 7.82. The standard InChI is InChI=1S/C12H24N2OS/c1-11(16-2)7-8-13-12(15)14-9-5-3-4-6-10-14/h11H,3-10H2,1-2H3,(H,13,15). The normalized spacial score (nSPS) is 19.0. The summed E-state index contributed by atoms with van der Waals surface area (Å²) in [5.41, 5.74) is 0. The van der Waals surface area contributed by atoms with Crippen LogP contribution in [0.5, 0.6) is 0 Å². The summed E-state index contributed by atoms with van der Waals surface area (Å²) >= 11 is 1.85. The van der Waals surface area contributed by atoms with Crippen molar-refractivity contribution in [2.75, 3.05) is 25.9 Å². The van der Waals surface area contributed by atoms with Crippen LogP contribution in [0.1, 0.15) is 39.0 Å². The number of likely N-dealkylation sites (tertiary alicyclic amines) is 1. The molecular weight excluding hydrogens is 220 g/mol. The highest BCUT2D eigenvalue weighted by Crippen LogP contribution is 2.10. The second-order valence-electron chi connectivity index (χ2n) is 4.47. The molecule has 0 spiro atoms. The molecule has 16 heavy (non-hydrogen) atoms. The van der Waals surface area contributed by atoms with Gasteiger partial charge < -0.3 is 10.2 Å². The first kappa shape index (κ1) is 13.7. The van der Waals surface area contributed by atoms with Crippen LogP contribution in [0.3, 0.4) is 0 Å². The largest absolute Gasteiger partial charge is 0.338 e. The molecule has 1 atom stereocenters. The van der Waals surface area contributed by atoms with E-state index in [0.717, 1.165) is 38.9 Å². The average molecular weight is 244 g/mol. The molecule has 0 aromatic rings. The van der Waals surface area contributed by atoms with Gasteiger partial charge in [0.25, 0.3) is 0 Å². The monoisotopic (exact) mass is 244 g/mol.